The quantitative estimate of drug-likeness (QED) is 0.797. The summed E-state index contributed by atoms with van der Waals surface area (Å²) in [6.07, 6.45) is 1.96. The second kappa shape index (κ2) is 8.71. The van der Waals surface area contributed by atoms with Crippen molar-refractivity contribution in [1.82, 2.24) is 15.1 Å². The van der Waals surface area contributed by atoms with Crippen LogP contribution >= 0.6 is 0 Å². The van der Waals surface area contributed by atoms with E-state index in [0.717, 1.165) is 36.4 Å². The maximum atomic E-state index is 12.2. The van der Waals surface area contributed by atoms with Gasteiger partial charge in [0.15, 0.2) is 0 Å². The zero-order valence-corrected chi connectivity index (χ0v) is 15.4. The topological polar surface area (TPSA) is 71.1 Å². The molecule has 2 amide bonds. The van der Waals surface area contributed by atoms with Crippen LogP contribution in [0.4, 0.5) is 0 Å². The van der Waals surface area contributed by atoms with E-state index in [1.165, 1.54) is 4.90 Å². The average Bonchev–Trinajstić information content (AvgIpc) is 3.06. The first-order valence-corrected chi connectivity index (χ1v) is 8.39. The molecule has 0 aliphatic carbocycles. The van der Waals surface area contributed by atoms with Crippen LogP contribution in [0, 0.1) is 0 Å². The van der Waals surface area contributed by atoms with Gasteiger partial charge in [-0.1, -0.05) is 0 Å². The highest BCUT2D eigenvalue weighted by Crippen LogP contribution is 2.38. The van der Waals surface area contributed by atoms with Crippen LogP contribution in [0.5, 0.6) is 11.5 Å². The van der Waals surface area contributed by atoms with E-state index >= 15 is 0 Å². The number of carbonyl (C=O) groups excluding carboxylic acids is 2. The molecule has 0 saturated carbocycles. The van der Waals surface area contributed by atoms with Crippen LogP contribution < -0.4 is 14.8 Å². The number of amides is 2. The Hall–Kier alpha value is -2.28. The van der Waals surface area contributed by atoms with Crippen LogP contribution in [0.25, 0.3) is 0 Å². The lowest BCUT2D eigenvalue weighted by Gasteiger charge is -2.26. The van der Waals surface area contributed by atoms with E-state index in [9.17, 15) is 9.59 Å². The molecule has 1 aliphatic rings. The Bertz CT molecular complexity index is 618. The van der Waals surface area contributed by atoms with Crippen LogP contribution in [0.2, 0.25) is 0 Å². The first-order chi connectivity index (χ1) is 12.0. The maximum absolute atomic E-state index is 12.2. The van der Waals surface area contributed by atoms with Crippen LogP contribution in [-0.2, 0) is 9.59 Å². The Morgan fingerprint density at radius 2 is 2.04 bits per heavy atom. The SMILES string of the molecule is COc1ccc(OC)c([C@@H]2CCCN2CC(=O)NCC(=O)N(C)C)c1. The van der Waals surface area contributed by atoms with Crippen LogP contribution in [0.3, 0.4) is 0 Å². The van der Waals surface area contributed by atoms with Gasteiger partial charge in [0.25, 0.3) is 0 Å². The fraction of sp³-hybridized carbons (Fsp3) is 0.556. The molecule has 7 nitrogen and oxygen atoms in total. The zero-order chi connectivity index (χ0) is 18.4. The van der Waals surface area contributed by atoms with E-state index in [1.807, 2.05) is 18.2 Å². The third-order valence-corrected chi connectivity index (χ3v) is 4.44. The minimum atomic E-state index is -0.149. The molecule has 1 aromatic rings. The molecule has 2 rings (SSSR count). The minimum Gasteiger partial charge on any atom is -0.497 e. The van der Waals surface area contributed by atoms with E-state index in [4.69, 9.17) is 9.47 Å². The van der Waals surface area contributed by atoms with Gasteiger partial charge in [-0.15, -0.1) is 0 Å². The third kappa shape index (κ3) is 4.85. The summed E-state index contributed by atoms with van der Waals surface area (Å²) >= 11 is 0. The molecule has 0 radical (unpaired) electrons. The van der Waals surface area contributed by atoms with E-state index in [0.29, 0.717) is 0 Å². The molecule has 1 saturated heterocycles. The van der Waals surface area contributed by atoms with Gasteiger partial charge in [-0.2, -0.15) is 0 Å². The predicted molar refractivity (Wildman–Crippen MR) is 94.8 cm³/mol. The largest absolute Gasteiger partial charge is 0.497 e. The number of hydrogen-bond donors (Lipinski definition) is 1. The normalized spacial score (nSPS) is 17.2. The first-order valence-electron chi connectivity index (χ1n) is 8.39. The van der Waals surface area contributed by atoms with Crippen LogP contribution in [0.1, 0.15) is 24.4 Å². The van der Waals surface area contributed by atoms with Crippen molar-refractivity contribution in [3.63, 3.8) is 0 Å². The summed E-state index contributed by atoms with van der Waals surface area (Å²) in [5.41, 5.74) is 1.02. The fourth-order valence-electron chi connectivity index (χ4n) is 3.04. The van der Waals surface area contributed by atoms with Crippen molar-refractivity contribution in [3.05, 3.63) is 23.8 Å². The minimum absolute atomic E-state index is 0.0207. The molecule has 0 spiro atoms. The number of ether oxygens (including phenoxy) is 2. The Labute approximate surface area is 148 Å². The summed E-state index contributed by atoms with van der Waals surface area (Å²) in [7, 11) is 6.61. The molecule has 0 bridgehead atoms. The number of carbonyl (C=O) groups is 2. The second-order valence-electron chi connectivity index (χ2n) is 6.30. The van der Waals surface area contributed by atoms with Crippen molar-refractivity contribution in [3.8, 4) is 11.5 Å². The molecule has 7 heteroatoms. The van der Waals surface area contributed by atoms with Gasteiger partial charge in [-0.05, 0) is 37.6 Å². The number of nitrogens with one attached hydrogen (secondary N) is 1. The summed E-state index contributed by atoms with van der Waals surface area (Å²) in [4.78, 5) is 27.4. The molecule has 1 N–H and O–H groups in total. The second-order valence-corrected chi connectivity index (χ2v) is 6.30. The number of likely N-dealkylation sites (tertiary alicyclic amines) is 1. The van der Waals surface area contributed by atoms with Crippen molar-refractivity contribution in [2.75, 3.05) is 47.9 Å². The monoisotopic (exact) mass is 349 g/mol. The summed E-state index contributed by atoms with van der Waals surface area (Å²) < 4.78 is 10.8. The van der Waals surface area contributed by atoms with Crippen LogP contribution in [0.15, 0.2) is 18.2 Å². The number of hydrogen-bond acceptors (Lipinski definition) is 5. The lowest BCUT2D eigenvalue weighted by Crippen LogP contribution is -2.41. The van der Waals surface area contributed by atoms with Crippen LogP contribution in [-0.4, -0.2) is 69.6 Å². The maximum Gasteiger partial charge on any atom is 0.241 e. The number of methoxy groups -OCH3 is 2. The third-order valence-electron chi connectivity index (χ3n) is 4.44. The molecule has 138 valence electrons. The fourth-order valence-corrected chi connectivity index (χ4v) is 3.04. The molecular formula is C18H27N3O4. The van der Waals surface area contributed by atoms with Crippen molar-refractivity contribution in [2.45, 2.75) is 18.9 Å². The highest BCUT2D eigenvalue weighted by molar-refractivity contribution is 5.85. The Balaban J connectivity index is 2.05. The summed E-state index contributed by atoms with van der Waals surface area (Å²) in [5, 5.41) is 2.69. The smallest absolute Gasteiger partial charge is 0.241 e. The van der Waals surface area contributed by atoms with Crippen molar-refractivity contribution in [2.24, 2.45) is 0 Å². The standard InChI is InChI=1S/C18H27N3O4/c1-20(2)18(23)11-19-17(22)12-21-9-5-6-15(21)14-10-13(24-3)7-8-16(14)25-4/h7-8,10,15H,5-6,9,11-12H2,1-4H3,(H,19,22)/t15-/m0/s1. The number of likely N-dealkylation sites (N-methyl/N-ethyl adjacent to an activating group) is 1. The Morgan fingerprint density at radius 1 is 1.28 bits per heavy atom. The number of rotatable bonds is 7. The molecule has 1 aliphatic heterocycles. The lowest BCUT2D eigenvalue weighted by molar-refractivity contribution is -0.131. The Morgan fingerprint density at radius 3 is 2.68 bits per heavy atom. The highest BCUT2D eigenvalue weighted by atomic mass is 16.5. The molecular weight excluding hydrogens is 322 g/mol. The van der Waals surface area contributed by atoms with Gasteiger partial charge < -0.3 is 19.7 Å². The number of benzene rings is 1. The van der Waals surface area contributed by atoms with E-state index in [-0.39, 0.29) is 30.9 Å². The highest BCUT2D eigenvalue weighted by Gasteiger charge is 2.30. The van der Waals surface area contributed by atoms with E-state index in [2.05, 4.69) is 10.2 Å². The summed E-state index contributed by atoms with van der Waals surface area (Å²) in [6, 6.07) is 5.82. The summed E-state index contributed by atoms with van der Waals surface area (Å²) in [5.74, 6) is 1.29. The van der Waals surface area contributed by atoms with Gasteiger partial charge in [0, 0.05) is 25.7 Å². The van der Waals surface area contributed by atoms with Crippen molar-refractivity contribution in [1.29, 1.82) is 0 Å². The Kier molecular flexibility index (Phi) is 6.64. The van der Waals surface area contributed by atoms with E-state index in [1.54, 1.807) is 28.3 Å². The predicted octanol–water partition coefficient (Wildman–Crippen LogP) is 1.05. The molecule has 1 aromatic carbocycles. The van der Waals surface area contributed by atoms with Gasteiger partial charge in [0.05, 0.1) is 27.3 Å². The van der Waals surface area contributed by atoms with E-state index < -0.39 is 0 Å². The zero-order valence-electron chi connectivity index (χ0n) is 15.4. The number of nitrogens with zero attached hydrogens (tertiary/aromatic N) is 2. The molecule has 1 fully saturated rings. The van der Waals surface area contributed by atoms with Gasteiger partial charge in [-0.25, -0.2) is 0 Å². The molecule has 0 unspecified atom stereocenters. The molecule has 1 heterocycles. The molecule has 0 aromatic heterocycles. The van der Waals surface area contributed by atoms with Crippen molar-refractivity contribution < 1.29 is 19.1 Å². The van der Waals surface area contributed by atoms with Gasteiger partial charge in [0.1, 0.15) is 11.5 Å². The molecule has 25 heavy (non-hydrogen) atoms. The van der Waals surface area contributed by atoms with Gasteiger partial charge in [0.2, 0.25) is 11.8 Å². The average molecular weight is 349 g/mol. The first kappa shape index (κ1) is 19.1. The molecule has 1 atom stereocenters. The lowest BCUT2D eigenvalue weighted by atomic mass is 10.0. The van der Waals surface area contributed by atoms with Gasteiger partial charge >= 0.3 is 0 Å². The van der Waals surface area contributed by atoms with Crippen molar-refractivity contribution >= 4 is 11.8 Å². The van der Waals surface area contributed by atoms with Gasteiger partial charge in [-0.3, -0.25) is 14.5 Å². The summed E-state index contributed by atoms with van der Waals surface area (Å²) in [6.45, 7) is 1.11.